The molecule has 1 aromatic carbocycles. The van der Waals surface area contributed by atoms with Gasteiger partial charge in [-0.25, -0.2) is 14.4 Å². The fourth-order valence-electron chi connectivity index (χ4n) is 4.47. The molecule has 0 saturated carbocycles. The standard InChI is InChI=1S/C25H25FN4O3/c26-19-13-27-9-6-22(19)33-23-3-1-2-16-4-5-20(29-25(16)23)21-14-28-24-12-17(7-10-30(21)24)32-18-8-11-31-15-18/h1-5,7,10,12,14,18-19,22,27H,6,8-9,11,13,15H2. The van der Waals surface area contributed by atoms with Crippen LogP contribution in [0.3, 0.4) is 0 Å². The summed E-state index contributed by atoms with van der Waals surface area (Å²) in [6.07, 6.45) is 3.86. The molecule has 2 aliphatic rings. The first-order chi connectivity index (χ1) is 16.2. The minimum absolute atomic E-state index is 0.0892. The second kappa shape index (κ2) is 8.61. The molecular weight excluding hydrogens is 423 g/mol. The lowest BCUT2D eigenvalue weighted by Gasteiger charge is -2.27. The van der Waals surface area contributed by atoms with E-state index in [9.17, 15) is 4.39 Å². The van der Waals surface area contributed by atoms with Crippen molar-refractivity contribution in [2.24, 2.45) is 0 Å². The van der Waals surface area contributed by atoms with Crippen molar-refractivity contribution < 1.29 is 18.6 Å². The average molecular weight is 448 g/mol. The third-order valence-corrected chi connectivity index (χ3v) is 6.25. The summed E-state index contributed by atoms with van der Waals surface area (Å²) in [7, 11) is 0. The predicted molar refractivity (Wildman–Crippen MR) is 123 cm³/mol. The average Bonchev–Trinajstić information content (AvgIpc) is 3.50. The van der Waals surface area contributed by atoms with E-state index in [-0.39, 0.29) is 6.10 Å². The summed E-state index contributed by atoms with van der Waals surface area (Å²) in [5, 5.41) is 4.01. The van der Waals surface area contributed by atoms with Crippen LogP contribution in [0.1, 0.15) is 12.8 Å². The number of nitrogens with zero attached hydrogens (tertiary/aromatic N) is 3. The highest BCUT2D eigenvalue weighted by atomic mass is 19.1. The molecule has 0 bridgehead atoms. The Morgan fingerprint density at radius 2 is 2.09 bits per heavy atom. The molecule has 2 saturated heterocycles. The third-order valence-electron chi connectivity index (χ3n) is 6.25. The van der Waals surface area contributed by atoms with Crippen molar-refractivity contribution >= 4 is 16.6 Å². The number of alkyl halides is 1. The van der Waals surface area contributed by atoms with E-state index in [2.05, 4.69) is 10.3 Å². The maximum absolute atomic E-state index is 14.3. The zero-order valence-electron chi connectivity index (χ0n) is 18.1. The number of piperidine rings is 1. The van der Waals surface area contributed by atoms with Crippen LogP contribution in [0.25, 0.3) is 27.9 Å². The Balaban J connectivity index is 1.32. The summed E-state index contributed by atoms with van der Waals surface area (Å²) in [5.41, 5.74) is 3.13. The van der Waals surface area contributed by atoms with E-state index < -0.39 is 12.3 Å². The molecule has 3 unspecified atom stereocenters. The first-order valence-electron chi connectivity index (χ1n) is 11.4. The number of hydrogen-bond donors (Lipinski definition) is 1. The molecule has 0 amide bonds. The van der Waals surface area contributed by atoms with Gasteiger partial charge in [-0.05, 0) is 31.2 Å². The molecule has 170 valence electrons. The molecule has 0 radical (unpaired) electrons. The Bertz CT molecular complexity index is 1290. The van der Waals surface area contributed by atoms with E-state index in [0.717, 1.165) is 53.3 Å². The zero-order valence-corrected chi connectivity index (χ0v) is 18.1. The first kappa shape index (κ1) is 20.4. The Kier molecular flexibility index (Phi) is 5.32. The Morgan fingerprint density at radius 1 is 1.12 bits per heavy atom. The van der Waals surface area contributed by atoms with E-state index in [1.165, 1.54) is 0 Å². The van der Waals surface area contributed by atoms with Gasteiger partial charge in [0.05, 0.1) is 30.8 Å². The minimum Gasteiger partial charge on any atom is -0.488 e. The molecule has 5 heterocycles. The van der Waals surface area contributed by atoms with Gasteiger partial charge in [0.1, 0.15) is 41.0 Å². The molecule has 4 aromatic rings. The molecule has 7 nitrogen and oxygen atoms in total. The smallest absolute Gasteiger partial charge is 0.149 e. The molecule has 0 aliphatic carbocycles. The second-order valence-corrected chi connectivity index (χ2v) is 8.53. The van der Waals surface area contributed by atoms with Crippen molar-refractivity contribution in [2.45, 2.75) is 31.2 Å². The maximum Gasteiger partial charge on any atom is 0.149 e. The minimum atomic E-state index is -1.04. The molecule has 0 spiro atoms. The van der Waals surface area contributed by atoms with E-state index >= 15 is 0 Å². The quantitative estimate of drug-likeness (QED) is 0.501. The normalized spacial score (nSPS) is 23.2. The highest BCUT2D eigenvalue weighted by Crippen LogP contribution is 2.30. The summed E-state index contributed by atoms with van der Waals surface area (Å²) in [6, 6.07) is 13.6. The topological polar surface area (TPSA) is 69.9 Å². The fourth-order valence-corrected chi connectivity index (χ4v) is 4.47. The number of nitrogens with one attached hydrogen (secondary N) is 1. The summed E-state index contributed by atoms with van der Waals surface area (Å²) in [5.74, 6) is 1.38. The molecule has 2 aliphatic heterocycles. The number of ether oxygens (including phenoxy) is 3. The Labute approximate surface area is 190 Å². The number of halogens is 1. The van der Waals surface area contributed by atoms with Gasteiger partial charge in [-0.15, -0.1) is 0 Å². The molecule has 1 N–H and O–H groups in total. The Morgan fingerprint density at radius 3 is 2.97 bits per heavy atom. The van der Waals surface area contributed by atoms with Gasteiger partial charge in [0, 0.05) is 30.6 Å². The second-order valence-electron chi connectivity index (χ2n) is 8.53. The van der Waals surface area contributed by atoms with Crippen LogP contribution in [0.2, 0.25) is 0 Å². The fraction of sp³-hybridized carbons (Fsp3) is 0.360. The third kappa shape index (κ3) is 4.00. The number of hydrogen-bond acceptors (Lipinski definition) is 6. The molecule has 33 heavy (non-hydrogen) atoms. The van der Waals surface area contributed by atoms with Crippen LogP contribution in [-0.2, 0) is 4.74 Å². The van der Waals surface area contributed by atoms with Crippen molar-refractivity contribution in [1.82, 2.24) is 19.7 Å². The molecular formula is C25H25FN4O3. The number of benzene rings is 1. The summed E-state index contributed by atoms with van der Waals surface area (Å²) >= 11 is 0. The van der Waals surface area contributed by atoms with Gasteiger partial charge in [0.25, 0.3) is 0 Å². The van der Waals surface area contributed by atoms with E-state index in [0.29, 0.717) is 25.3 Å². The van der Waals surface area contributed by atoms with Crippen molar-refractivity contribution in [3.05, 3.63) is 54.9 Å². The van der Waals surface area contributed by atoms with Gasteiger partial charge < -0.3 is 19.5 Å². The van der Waals surface area contributed by atoms with Gasteiger partial charge in [-0.1, -0.05) is 18.2 Å². The van der Waals surface area contributed by atoms with Gasteiger partial charge in [0.2, 0.25) is 0 Å². The monoisotopic (exact) mass is 448 g/mol. The number of para-hydroxylation sites is 1. The van der Waals surface area contributed by atoms with Gasteiger partial charge in [0.15, 0.2) is 0 Å². The van der Waals surface area contributed by atoms with Gasteiger partial charge in [-0.3, -0.25) is 4.40 Å². The lowest BCUT2D eigenvalue weighted by atomic mass is 10.1. The number of aromatic nitrogens is 3. The summed E-state index contributed by atoms with van der Waals surface area (Å²) in [4.78, 5) is 9.45. The zero-order chi connectivity index (χ0) is 22.2. The first-order valence-corrected chi connectivity index (χ1v) is 11.4. The van der Waals surface area contributed by atoms with Crippen molar-refractivity contribution in [3.8, 4) is 22.9 Å². The van der Waals surface area contributed by atoms with E-state index in [1.54, 1.807) is 6.20 Å². The van der Waals surface area contributed by atoms with E-state index in [4.69, 9.17) is 19.2 Å². The molecule has 3 aromatic heterocycles. The molecule has 6 rings (SSSR count). The number of pyridine rings is 2. The summed E-state index contributed by atoms with van der Waals surface area (Å²) < 4.78 is 33.8. The lowest BCUT2D eigenvalue weighted by molar-refractivity contribution is 0.0743. The van der Waals surface area contributed by atoms with Crippen LogP contribution in [0.5, 0.6) is 11.5 Å². The number of rotatable bonds is 5. The SMILES string of the molecule is FC1CNCCC1Oc1cccc2ccc(-c3cnc4cc(OC5CCOC5)ccn34)nc12. The van der Waals surface area contributed by atoms with Gasteiger partial charge >= 0.3 is 0 Å². The maximum atomic E-state index is 14.3. The highest BCUT2D eigenvalue weighted by molar-refractivity contribution is 5.86. The molecule has 2 fully saturated rings. The number of fused-ring (bicyclic) bond motifs is 2. The number of imidazole rings is 1. The van der Waals surface area contributed by atoms with Crippen LogP contribution < -0.4 is 14.8 Å². The predicted octanol–water partition coefficient (Wildman–Crippen LogP) is 3.80. The van der Waals surface area contributed by atoms with Crippen LogP contribution in [0.4, 0.5) is 4.39 Å². The van der Waals surface area contributed by atoms with Gasteiger partial charge in [-0.2, -0.15) is 0 Å². The highest BCUT2D eigenvalue weighted by Gasteiger charge is 2.27. The molecule has 8 heteroatoms. The lowest BCUT2D eigenvalue weighted by Crippen LogP contribution is -2.44. The van der Waals surface area contributed by atoms with Crippen molar-refractivity contribution in [3.63, 3.8) is 0 Å². The van der Waals surface area contributed by atoms with Crippen LogP contribution >= 0.6 is 0 Å². The van der Waals surface area contributed by atoms with Crippen LogP contribution in [-0.4, -0.2) is 59.1 Å². The summed E-state index contributed by atoms with van der Waals surface area (Å²) in [6.45, 7) is 2.42. The van der Waals surface area contributed by atoms with Crippen molar-refractivity contribution in [1.29, 1.82) is 0 Å². The van der Waals surface area contributed by atoms with Crippen LogP contribution in [0, 0.1) is 0 Å². The molecule has 3 atom stereocenters. The largest absolute Gasteiger partial charge is 0.488 e. The van der Waals surface area contributed by atoms with Crippen molar-refractivity contribution in [2.75, 3.05) is 26.3 Å². The van der Waals surface area contributed by atoms with E-state index in [1.807, 2.05) is 53.1 Å². The van der Waals surface area contributed by atoms with Crippen LogP contribution in [0.15, 0.2) is 54.9 Å². The Hall–Kier alpha value is -3.23.